The highest BCUT2D eigenvalue weighted by Crippen LogP contribution is 2.31. The molecule has 2 N–H and O–H groups in total. The van der Waals surface area contributed by atoms with Crippen LogP contribution in [0.2, 0.25) is 0 Å². The summed E-state index contributed by atoms with van der Waals surface area (Å²) < 4.78 is 17.0. The number of rotatable bonds is 5. The van der Waals surface area contributed by atoms with E-state index in [9.17, 15) is 0 Å². The first-order chi connectivity index (χ1) is 8.72. The molecule has 1 unspecified atom stereocenters. The third-order valence-corrected chi connectivity index (χ3v) is 3.05. The SMILES string of the molecule is CCCn1ccnc1C(F)(CN)c1ccccc1. The molecule has 4 heteroatoms. The lowest BCUT2D eigenvalue weighted by Crippen LogP contribution is -2.34. The first-order valence-electron chi connectivity index (χ1n) is 6.18. The van der Waals surface area contributed by atoms with Gasteiger partial charge in [0, 0.05) is 25.5 Å². The molecule has 1 atom stereocenters. The van der Waals surface area contributed by atoms with Crippen molar-refractivity contribution in [1.29, 1.82) is 0 Å². The zero-order valence-electron chi connectivity index (χ0n) is 10.5. The van der Waals surface area contributed by atoms with Gasteiger partial charge in [0.15, 0.2) is 5.82 Å². The van der Waals surface area contributed by atoms with Gasteiger partial charge in [-0.3, -0.25) is 0 Å². The van der Waals surface area contributed by atoms with Crippen LogP contribution in [-0.4, -0.2) is 16.1 Å². The van der Waals surface area contributed by atoms with Crippen molar-refractivity contribution in [3.05, 3.63) is 54.1 Å². The Labute approximate surface area is 106 Å². The van der Waals surface area contributed by atoms with E-state index in [4.69, 9.17) is 5.73 Å². The van der Waals surface area contributed by atoms with E-state index >= 15 is 4.39 Å². The summed E-state index contributed by atoms with van der Waals surface area (Å²) in [6, 6.07) is 8.98. The van der Waals surface area contributed by atoms with E-state index in [0.717, 1.165) is 13.0 Å². The molecule has 0 aliphatic rings. The predicted octanol–water partition coefficient (Wildman–Crippen LogP) is 2.46. The van der Waals surface area contributed by atoms with E-state index in [0.29, 0.717) is 11.4 Å². The van der Waals surface area contributed by atoms with Gasteiger partial charge >= 0.3 is 0 Å². The van der Waals surface area contributed by atoms with Crippen molar-refractivity contribution in [1.82, 2.24) is 9.55 Å². The van der Waals surface area contributed by atoms with Gasteiger partial charge in [0.25, 0.3) is 0 Å². The van der Waals surface area contributed by atoms with Gasteiger partial charge in [0.05, 0.1) is 0 Å². The Kier molecular flexibility index (Phi) is 3.77. The van der Waals surface area contributed by atoms with E-state index < -0.39 is 5.67 Å². The van der Waals surface area contributed by atoms with E-state index in [1.54, 1.807) is 24.5 Å². The molecule has 0 aliphatic carbocycles. The van der Waals surface area contributed by atoms with Crippen LogP contribution in [0.3, 0.4) is 0 Å². The normalized spacial score (nSPS) is 14.4. The Morgan fingerprint density at radius 2 is 2.06 bits per heavy atom. The molecule has 0 bridgehead atoms. The fourth-order valence-electron chi connectivity index (χ4n) is 2.12. The predicted molar refractivity (Wildman–Crippen MR) is 69.9 cm³/mol. The molecule has 2 rings (SSSR count). The molecule has 1 aromatic heterocycles. The van der Waals surface area contributed by atoms with Crippen LogP contribution >= 0.6 is 0 Å². The summed E-state index contributed by atoms with van der Waals surface area (Å²) >= 11 is 0. The molecule has 3 nitrogen and oxygen atoms in total. The monoisotopic (exact) mass is 247 g/mol. The van der Waals surface area contributed by atoms with Crippen LogP contribution < -0.4 is 5.73 Å². The van der Waals surface area contributed by atoms with Crippen molar-refractivity contribution in [3.63, 3.8) is 0 Å². The minimum Gasteiger partial charge on any atom is -0.332 e. The lowest BCUT2D eigenvalue weighted by Gasteiger charge is -2.24. The van der Waals surface area contributed by atoms with Gasteiger partial charge in [0.1, 0.15) is 0 Å². The summed E-state index contributed by atoms with van der Waals surface area (Å²) in [6.45, 7) is 2.68. The Balaban J connectivity index is 2.46. The van der Waals surface area contributed by atoms with Gasteiger partial charge in [-0.2, -0.15) is 0 Å². The van der Waals surface area contributed by atoms with Gasteiger partial charge < -0.3 is 10.3 Å². The minimum absolute atomic E-state index is 0.113. The van der Waals surface area contributed by atoms with Crippen LogP contribution in [-0.2, 0) is 12.2 Å². The molecule has 0 spiro atoms. The van der Waals surface area contributed by atoms with Crippen LogP contribution in [0.25, 0.3) is 0 Å². The molecule has 2 aromatic rings. The molecular weight excluding hydrogens is 229 g/mol. The molecule has 0 fully saturated rings. The Bertz CT molecular complexity index is 495. The summed E-state index contributed by atoms with van der Waals surface area (Å²) in [7, 11) is 0. The third-order valence-electron chi connectivity index (χ3n) is 3.05. The average molecular weight is 247 g/mol. The number of aryl methyl sites for hydroxylation is 1. The second kappa shape index (κ2) is 5.31. The quantitative estimate of drug-likeness (QED) is 0.882. The number of hydrogen-bond acceptors (Lipinski definition) is 2. The van der Waals surface area contributed by atoms with Crippen LogP contribution in [0, 0.1) is 0 Å². The van der Waals surface area contributed by atoms with Gasteiger partial charge in [-0.25, -0.2) is 9.37 Å². The van der Waals surface area contributed by atoms with Gasteiger partial charge in [-0.1, -0.05) is 37.3 Å². The lowest BCUT2D eigenvalue weighted by atomic mass is 9.95. The third kappa shape index (κ3) is 2.16. The summed E-state index contributed by atoms with van der Waals surface area (Å²) in [5.41, 5.74) is 4.50. The van der Waals surface area contributed by atoms with E-state index in [1.165, 1.54) is 0 Å². The van der Waals surface area contributed by atoms with E-state index in [1.807, 2.05) is 22.8 Å². The number of nitrogens with two attached hydrogens (primary N) is 1. The maximum Gasteiger partial charge on any atom is 0.205 e. The average Bonchev–Trinajstić information content (AvgIpc) is 2.88. The molecular formula is C14H18FN3. The number of benzene rings is 1. The topological polar surface area (TPSA) is 43.8 Å². The number of aromatic nitrogens is 2. The number of alkyl halides is 1. The van der Waals surface area contributed by atoms with Crippen molar-refractivity contribution in [2.75, 3.05) is 6.54 Å². The molecule has 18 heavy (non-hydrogen) atoms. The Morgan fingerprint density at radius 3 is 2.67 bits per heavy atom. The van der Waals surface area contributed by atoms with Crippen molar-refractivity contribution in [2.45, 2.75) is 25.6 Å². The summed E-state index contributed by atoms with van der Waals surface area (Å²) in [5.74, 6) is 0.387. The smallest absolute Gasteiger partial charge is 0.205 e. The summed E-state index contributed by atoms with van der Waals surface area (Å²) in [6.07, 6.45) is 4.35. The molecule has 0 saturated heterocycles. The maximum absolute atomic E-state index is 15.2. The molecule has 1 aromatic carbocycles. The maximum atomic E-state index is 15.2. The minimum atomic E-state index is -1.72. The summed E-state index contributed by atoms with van der Waals surface area (Å²) in [4.78, 5) is 4.16. The van der Waals surface area contributed by atoms with Gasteiger partial charge in [-0.15, -0.1) is 0 Å². The highest BCUT2D eigenvalue weighted by molar-refractivity contribution is 5.30. The van der Waals surface area contributed by atoms with Crippen molar-refractivity contribution in [3.8, 4) is 0 Å². The van der Waals surface area contributed by atoms with Gasteiger partial charge in [0.2, 0.25) is 5.67 Å². The zero-order valence-corrected chi connectivity index (χ0v) is 10.5. The number of imidazole rings is 1. The number of nitrogens with zero attached hydrogens (tertiary/aromatic N) is 2. The van der Waals surface area contributed by atoms with Crippen molar-refractivity contribution in [2.24, 2.45) is 5.73 Å². The zero-order chi connectivity index (χ0) is 13.0. The largest absolute Gasteiger partial charge is 0.332 e. The highest BCUT2D eigenvalue weighted by Gasteiger charge is 2.36. The van der Waals surface area contributed by atoms with Gasteiger partial charge in [-0.05, 0) is 12.0 Å². The second-order valence-electron chi connectivity index (χ2n) is 4.32. The van der Waals surface area contributed by atoms with E-state index in [-0.39, 0.29) is 6.54 Å². The number of halogens is 1. The molecule has 96 valence electrons. The first-order valence-corrected chi connectivity index (χ1v) is 6.18. The molecule has 0 aliphatic heterocycles. The first kappa shape index (κ1) is 12.8. The fourth-order valence-corrected chi connectivity index (χ4v) is 2.12. The lowest BCUT2D eigenvalue weighted by molar-refractivity contribution is 0.210. The Hall–Kier alpha value is -1.68. The van der Waals surface area contributed by atoms with Crippen molar-refractivity contribution < 1.29 is 4.39 Å². The van der Waals surface area contributed by atoms with Crippen LogP contribution in [0.4, 0.5) is 4.39 Å². The van der Waals surface area contributed by atoms with Crippen LogP contribution in [0.5, 0.6) is 0 Å². The fraction of sp³-hybridized carbons (Fsp3) is 0.357. The molecule has 1 heterocycles. The standard InChI is InChI=1S/C14H18FN3/c1-2-9-18-10-8-17-13(18)14(15,11-16)12-6-4-3-5-7-12/h3-8,10H,2,9,11,16H2,1H3. The van der Waals surface area contributed by atoms with E-state index in [2.05, 4.69) is 11.9 Å². The number of hydrogen-bond donors (Lipinski definition) is 1. The molecule has 0 radical (unpaired) electrons. The molecule has 0 amide bonds. The Morgan fingerprint density at radius 1 is 1.33 bits per heavy atom. The summed E-state index contributed by atoms with van der Waals surface area (Å²) in [5, 5.41) is 0. The highest BCUT2D eigenvalue weighted by atomic mass is 19.1. The molecule has 0 saturated carbocycles. The second-order valence-corrected chi connectivity index (χ2v) is 4.32. The van der Waals surface area contributed by atoms with Crippen LogP contribution in [0.1, 0.15) is 24.7 Å². The van der Waals surface area contributed by atoms with Crippen LogP contribution in [0.15, 0.2) is 42.7 Å². The van der Waals surface area contributed by atoms with Crippen molar-refractivity contribution >= 4 is 0 Å².